The van der Waals surface area contributed by atoms with Gasteiger partial charge in [0.15, 0.2) is 0 Å². The molecular formula is C8H17NO2S. The van der Waals surface area contributed by atoms with Gasteiger partial charge in [-0.1, -0.05) is 0 Å². The van der Waals surface area contributed by atoms with Crippen LogP contribution in [0.4, 0.5) is 0 Å². The fourth-order valence-corrected chi connectivity index (χ4v) is 1.58. The molecule has 0 spiro atoms. The van der Waals surface area contributed by atoms with Crippen molar-refractivity contribution in [2.45, 2.75) is 18.4 Å². The molecule has 1 heterocycles. The van der Waals surface area contributed by atoms with Crippen molar-refractivity contribution in [1.82, 2.24) is 4.90 Å². The summed E-state index contributed by atoms with van der Waals surface area (Å²) >= 11 is 4.38. The Morgan fingerprint density at radius 2 is 2.50 bits per heavy atom. The second-order valence-electron chi connectivity index (χ2n) is 3.07. The van der Waals surface area contributed by atoms with Crippen LogP contribution < -0.4 is 0 Å². The standard InChI is InChI=1S/C8H17NO2S/c1-7(12)9-3-4-11-8(5-9)6-10-2/h7-8,12H,3-6H2,1-2H3. The summed E-state index contributed by atoms with van der Waals surface area (Å²) in [5.41, 5.74) is 0. The molecule has 1 fully saturated rings. The van der Waals surface area contributed by atoms with E-state index < -0.39 is 0 Å². The van der Waals surface area contributed by atoms with Crippen molar-refractivity contribution < 1.29 is 9.47 Å². The summed E-state index contributed by atoms with van der Waals surface area (Å²) in [6.07, 6.45) is 0.221. The minimum Gasteiger partial charge on any atom is -0.382 e. The van der Waals surface area contributed by atoms with Crippen molar-refractivity contribution in [3.05, 3.63) is 0 Å². The van der Waals surface area contributed by atoms with E-state index >= 15 is 0 Å². The number of nitrogens with zero attached hydrogens (tertiary/aromatic N) is 1. The first-order valence-corrected chi connectivity index (χ1v) is 4.78. The van der Waals surface area contributed by atoms with Crippen LogP contribution in [-0.2, 0) is 9.47 Å². The normalized spacial score (nSPS) is 28.8. The molecule has 1 saturated heterocycles. The lowest BCUT2D eigenvalue weighted by Crippen LogP contribution is -2.46. The number of thiol groups is 1. The summed E-state index contributed by atoms with van der Waals surface area (Å²) < 4.78 is 10.5. The highest BCUT2D eigenvalue weighted by Crippen LogP contribution is 2.10. The SMILES string of the molecule is COCC1CN(C(C)S)CCO1. The molecule has 0 N–H and O–H groups in total. The topological polar surface area (TPSA) is 21.7 Å². The van der Waals surface area contributed by atoms with Gasteiger partial charge in [-0.05, 0) is 6.92 Å². The molecule has 4 heteroatoms. The zero-order valence-corrected chi connectivity index (χ0v) is 8.59. The Hall–Kier alpha value is 0.230. The second kappa shape index (κ2) is 5.07. The number of hydrogen-bond acceptors (Lipinski definition) is 4. The predicted molar refractivity (Wildman–Crippen MR) is 51.6 cm³/mol. The molecule has 0 radical (unpaired) electrons. The van der Waals surface area contributed by atoms with E-state index in [0.717, 1.165) is 19.7 Å². The number of methoxy groups -OCH3 is 1. The highest BCUT2D eigenvalue weighted by Gasteiger charge is 2.21. The maximum absolute atomic E-state index is 5.50. The molecule has 0 bridgehead atoms. The van der Waals surface area contributed by atoms with Crippen LogP contribution in [0.3, 0.4) is 0 Å². The lowest BCUT2D eigenvalue weighted by Gasteiger charge is -2.34. The Morgan fingerprint density at radius 3 is 3.08 bits per heavy atom. The average Bonchev–Trinajstić information content (AvgIpc) is 2.05. The third-order valence-electron chi connectivity index (χ3n) is 2.05. The summed E-state index contributed by atoms with van der Waals surface area (Å²) in [6.45, 7) is 5.46. The molecule has 12 heavy (non-hydrogen) atoms. The van der Waals surface area contributed by atoms with Crippen LogP contribution in [0.25, 0.3) is 0 Å². The Bertz CT molecular complexity index is 130. The van der Waals surface area contributed by atoms with Gasteiger partial charge >= 0.3 is 0 Å². The lowest BCUT2D eigenvalue weighted by molar-refractivity contribution is -0.0623. The zero-order valence-electron chi connectivity index (χ0n) is 7.69. The largest absolute Gasteiger partial charge is 0.382 e. The van der Waals surface area contributed by atoms with E-state index in [1.54, 1.807) is 7.11 Å². The number of morpholine rings is 1. The van der Waals surface area contributed by atoms with Crippen LogP contribution in [0.15, 0.2) is 0 Å². The molecule has 1 rings (SSSR count). The molecule has 2 atom stereocenters. The van der Waals surface area contributed by atoms with Crippen LogP contribution in [-0.4, -0.2) is 49.8 Å². The van der Waals surface area contributed by atoms with E-state index in [1.807, 2.05) is 0 Å². The summed E-state index contributed by atoms with van der Waals surface area (Å²) in [5, 5.41) is 0.313. The number of ether oxygens (including phenoxy) is 2. The van der Waals surface area contributed by atoms with E-state index in [4.69, 9.17) is 9.47 Å². The van der Waals surface area contributed by atoms with Crippen LogP contribution in [0.1, 0.15) is 6.92 Å². The van der Waals surface area contributed by atoms with E-state index in [1.165, 1.54) is 0 Å². The molecule has 0 aromatic rings. The summed E-state index contributed by atoms with van der Waals surface area (Å²) in [4.78, 5) is 2.29. The smallest absolute Gasteiger partial charge is 0.0935 e. The van der Waals surface area contributed by atoms with Gasteiger partial charge in [0.1, 0.15) is 0 Å². The maximum Gasteiger partial charge on any atom is 0.0935 e. The monoisotopic (exact) mass is 191 g/mol. The molecule has 72 valence electrons. The van der Waals surface area contributed by atoms with Gasteiger partial charge in [-0.25, -0.2) is 0 Å². The molecule has 0 saturated carbocycles. The fourth-order valence-electron chi connectivity index (χ4n) is 1.37. The van der Waals surface area contributed by atoms with Gasteiger partial charge in [-0.3, -0.25) is 4.90 Å². The minimum absolute atomic E-state index is 0.221. The summed E-state index contributed by atoms with van der Waals surface area (Å²) in [5.74, 6) is 0. The van der Waals surface area contributed by atoms with Crippen molar-refractivity contribution in [2.75, 3.05) is 33.4 Å². The molecule has 1 aliphatic rings. The van der Waals surface area contributed by atoms with Crippen LogP contribution in [0.5, 0.6) is 0 Å². The van der Waals surface area contributed by atoms with Gasteiger partial charge in [-0.2, -0.15) is 12.6 Å². The molecule has 2 unspecified atom stereocenters. The molecule has 1 aliphatic heterocycles. The molecule has 0 aliphatic carbocycles. The van der Waals surface area contributed by atoms with E-state index in [-0.39, 0.29) is 6.10 Å². The maximum atomic E-state index is 5.50. The van der Waals surface area contributed by atoms with Crippen molar-refractivity contribution in [1.29, 1.82) is 0 Å². The third-order valence-corrected chi connectivity index (χ3v) is 2.38. The minimum atomic E-state index is 0.221. The van der Waals surface area contributed by atoms with Gasteiger partial charge in [0.2, 0.25) is 0 Å². The van der Waals surface area contributed by atoms with Crippen molar-refractivity contribution >= 4 is 12.6 Å². The summed E-state index contributed by atoms with van der Waals surface area (Å²) in [6, 6.07) is 0. The second-order valence-corrected chi connectivity index (χ2v) is 3.82. The van der Waals surface area contributed by atoms with Crippen molar-refractivity contribution in [2.24, 2.45) is 0 Å². The van der Waals surface area contributed by atoms with Gasteiger partial charge in [-0.15, -0.1) is 0 Å². The molecule has 0 aromatic carbocycles. The van der Waals surface area contributed by atoms with Gasteiger partial charge in [0.05, 0.1) is 24.7 Å². The lowest BCUT2D eigenvalue weighted by atomic mass is 10.3. The Balaban J connectivity index is 2.30. The Morgan fingerprint density at radius 1 is 1.75 bits per heavy atom. The van der Waals surface area contributed by atoms with Gasteiger partial charge in [0.25, 0.3) is 0 Å². The highest BCUT2D eigenvalue weighted by atomic mass is 32.1. The van der Waals surface area contributed by atoms with Gasteiger partial charge in [0, 0.05) is 20.2 Å². The van der Waals surface area contributed by atoms with Gasteiger partial charge < -0.3 is 9.47 Å². The van der Waals surface area contributed by atoms with Crippen LogP contribution >= 0.6 is 12.6 Å². The van der Waals surface area contributed by atoms with E-state index in [2.05, 4.69) is 24.5 Å². The third kappa shape index (κ3) is 2.94. The molecule has 0 aromatic heterocycles. The van der Waals surface area contributed by atoms with Crippen LogP contribution in [0, 0.1) is 0 Å². The zero-order chi connectivity index (χ0) is 8.97. The van der Waals surface area contributed by atoms with Crippen LogP contribution in [0.2, 0.25) is 0 Å². The highest BCUT2D eigenvalue weighted by molar-refractivity contribution is 7.80. The average molecular weight is 191 g/mol. The first-order chi connectivity index (χ1) is 5.74. The first kappa shape index (κ1) is 10.3. The molecule has 0 amide bonds. The molecular weight excluding hydrogens is 174 g/mol. The Labute approximate surface area is 79.4 Å². The first-order valence-electron chi connectivity index (χ1n) is 4.26. The van der Waals surface area contributed by atoms with Crippen molar-refractivity contribution in [3.8, 4) is 0 Å². The quantitative estimate of drug-likeness (QED) is 0.661. The van der Waals surface area contributed by atoms with Crippen molar-refractivity contribution in [3.63, 3.8) is 0 Å². The Kier molecular flexibility index (Phi) is 4.35. The van der Waals surface area contributed by atoms with E-state index in [9.17, 15) is 0 Å². The molecule has 3 nitrogen and oxygen atoms in total. The predicted octanol–water partition coefficient (Wildman–Crippen LogP) is 0.609. The number of hydrogen-bond donors (Lipinski definition) is 1. The number of rotatable bonds is 3. The summed E-state index contributed by atoms with van der Waals surface area (Å²) in [7, 11) is 1.70. The fraction of sp³-hybridized carbons (Fsp3) is 1.00. The van der Waals surface area contributed by atoms with E-state index in [0.29, 0.717) is 12.0 Å².